The minimum atomic E-state index is -0.342. The van der Waals surface area contributed by atoms with Crippen molar-refractivity contribution in [3.8, 4) is 0 Å². The first-order valence-corrected chi connectivity index (χ1v) is 4.79. The average Bonchev–Trinajstić information content (AvgIpc) is 2.20. The lowest BCUT2D eigenvalue weighted by atomic mass is 9.85. The molecule has 1 nitrogen and oxygen atoms in total. The van der Waals surface area contributed by atoms with Gasteiger partial charge in [-0.1, -0.05) is 42.5 Å². The van der Waals surface area contributed by atoms with Gasteiger partial charge >= 0.3 is 0 Å². The summed E-state index contributed by atoms with van der Waals surface area (Å²) in [5, 5.41) is 0. The van der Waals surface area contributed by atoms with Crippen LogP contribution in [0.1, 0.15) is 18.4 Å². The van der Waals surface area contributed by atoms with Crippen molar-refractivity contribution in [2.75, 3.05) is 0 Å². The number of hydrogen-bond donors (Lipinski definition) is 1. The van der Waals surface area contributed by atoms with Gasteiger partial charge in [0.15, 0.2) is 0 Å². The summed E-state index contributed by atoms with van der Waals surface area (Å²) in [5.41, 5.74) is 7.09. The molecule has 0 bridgehead atoms. The van der Waals surface area contributed by atoms with Crippen LogP contribution in [0.3, 0.4) is 0 Å². The fourth-order valence-corrected chi connectivity index (χ4v) is 1.60. The highest BCUT2D eigenvalue weighted by molar-refractivity contribution is 5.85. The molecular weight excluding hydrogens is 206 g/mol. The van der Waals surface area contributed by atoms with E-state index >= 15 is 0 Å². The Kier molecular flexibility index (Phi) is 5.99. The van der Waals surface area contributed by atoms with E-state index in [-0.39, 0.29) is 17.9 Å². The Morgan fingerprint density at radius 1 is 1.07 bits per heavy atom. The molecule has 15 heavy (non-hydrogen) atoms. The molecule has 0 aliphatic rings. The van der Waals surface area contributed by atoms with Crippen LogP contribution in [0.4, 0.5) is 0 Å². The molecule has 1 rings (SSSR count). The van der Waals surface area contributed by atoms with Gasteiger partial charge in [0.1, 0.15) is 0 Å². The van der Waals surface area contributed by atoms with E-state index in [2.05, 4.69) is 13.2 Å². The van der Waals surface area contributed by atoms with E-state index < -0.39 is 0 Å². The zero-order chi connectivity index (χ0) is 10.4. The van der Waals surface area contributed by atoms with Crippen molar-refractivity contribution in [2.24, 2.45) is 5.73 Å². The van der Waals surface area contributed by atoms with E-state index in [0.29, 0.717) is 0 Å². The van der Waals surface area contributed by atoms with Crippen molar-refractivity contribution in [1.82, 2.24) is 0 Å². The summed E-state index contributed by atoms with van der Waals surface area (Å²) in [5.74, 6) is 0. The largest absolute Gasteiger partial charge is 0.321 e. The van der Waals surface area contributed by atoms with Crippen LogP contribution >= 0.6 is 12.4 Å². The molecule has 0 heterocycles. The van der Waals surface area contributed by atoms with E-state index in [1.165, 1.54) is 0 Å². The molecule has 0 radical (unpaired) electrons. The standard InChI is InChI=1S/C13H17N.ClH/c1-3-10-13(14,11-4-2)12-8-6-5-7-9-12;/h3-9H,1-2,10-11,14H2;1H. The third kappa shape index (κ3) is 3.54. The molecule has 0 aliphatic heterocycles. The van der Waals surface area contributed by atoms with Crippen molar-refractivity contribution in [3.63, 3.8) is 0 Å². The van der Waals surface area contributed by atoms with E-state index in [1.807, 2.05) is 42.5 Å². The normalized spacial score (nSPS) is 10.2. The van der Waals surface area contributed by atoms with Gasteiger partial charge in [-0.2, -0.15) is 0 Å². The molecule has 0 fully saturated rings. The monoisotopic (exact) mass is 223 g/mol. The van der Waals surface area contributed by atoms with E-state index in [4.69, 9.17) is 5.73 Å². The molecule has 0 atom stereocenters. The smallest absolute Gasteiger partial charge is 0.0479 e. The molecule has 1 aromatic rings. The minimum Gasteiger partial charge on any atom is -0.321 e. The lowest BCUT2D eigenvalue weighted by Crippen LogP contribution is -2.35. The lowest BCUT2D eigenvalue weighted by Gasteiger charge is -2.27. The number of benzene rings is 1. The summed E-state index contributed by atoms with van der Waals surface area (Å²) >= 11 is 0. The Morgan fingerprint density at radius 3 is 1.93 bits per heavy atom. The molecule has 0 saturated heterocycles. The molecule has 2 N–H and O–H groups in total. The number of halogens is 1. The molecule has 0 amide bonds. The minimum absolute atomic E-state index is 0. The number of rotatable bonds is 5. The van der Waals surface area contributed by atoms with Gasteiger partial charge in [-0.15, -0.1) is 25.6 Å². The van der Waals surface area contributed by atoms with Crippen LogP contribution < -0.4 is 5.73 Å². The van der Waals surface area contributed by atoms with Crippen LogP contribution in [0.25, 0.3) is 0 Å². The third-order valence-electron chi connectivity index (χ3n) is 2.37. The van der Waals surface area contributed by atoms with Gasteiger partial charge in [0.2, 0.25) is 0 Å². The van der Waals surface area contributed by atoms with Crippen molar-refractivity contribution in [3.05, 3.63) is 61.2 Å². The maximum atomic E-state index is 6.30. The summed E-state index contributed by atoms with van der Waals surface area (Å²) in [6.07, 6.45) is 5.25. The van der Waals surface area contributed by atoms with E-state index in [0.717, 1.165) is 18.4 Å². The first-order valence-electron chi connectivity index (χ1n) is 4.79. The Labute approximate surface area is 98.1 Å². The van der Waals surface area contributed by atoms with Crippen LogP contribution in [-0.2, 0) is 5.54 Å². The fourth-order valence-electron chi connectivity index (χ4n) is 1.60. The summed E-state index contributed by atoms with van der Waals surface area (Å²) in [7, 11) is 0. The maximum Gasteiger partial charge on any atom is 0.0479 e. The first-order chi connectivity index (χ1) is 6.73. The number of hydrogen-bond acceptors (Lipinski definition) is 1. The van der Waals surface area contributed by atoms with E-state index in [9.17, 15) is 0 Å². The Balaban J connectivity index is 0.00000196. The molecule has 0 aromatic heterocycles. The van der Waals surface area contributed by atoms with Crippen LogP contribution in [0.5, 0.6) is 0 Å². The van der Waals surface area contributed by atoms with Gasteiger partial charge in [0.05, 0.1) is 0 Å². The summed E-state index contributed by atoms with van der Waals surface area (Å²) in [6.45, 7) is 7.48. The molecule has 0 saturated carbocycles. The second-order valence-corrected chi connectivity index (χ2v) is 3.51. The molecule has 82 valence electrons. The van der Waals surface area contributed by atoms with Crippen LogP contribution in [0.2, 0.25) is 0 Å². The zero-order valence-electron chi connectivity index (χ0n) is 8.86. The first kappa shape index (κ1) is 13.9. The molecule has 0 unspecified atom stereocenters. The second kappa shape index (κ2) is 6.44. The van der Waals surface area contributed by atoms with Gasteiger partial charge in [-0.25, -0.2) is 0 Å². The zero-order valence-corrected chi connectivity index (χ0v) is 9.67. The third-order valence-corrected chi connectivity index (χ3v) is 2.37. The Hall–Kier alpha value is -1.05. The highest BCUT2D eigenvalue weighted by Crippen LogP contribution is 2.26. The average molecular weight is 224 g/mol. The van der Waals surface area contributed by atoms with Gasteiger partial charge in [0.25, 0.3) is 0 Å². The molecule has 2 heteroatoms. The topological polar surface area (TPSA) is 26.0 Å². The number of nitrogens with two attached hydrogens (primary N) is 1. The highest BCUT2D eigenvalue weighted by Gasteiger charge is 2.23. The predicted octanol–water partition coefficient (Wildman–Crippen LogP) is 3.41. The molecule has 0 spiro atoms. The molecule has 1 aromatic carbocycles. The van der Waals surface area contributed by atoms with Gasteiger partial charge in [-0.3, -0.25) is 0 Å². The highest BCUT2D eigenvalue weighted by atomic mass is 35.5. The fraction of sp³-hybridized carbons (Fsp3) is 0.231. The second-order valence-electron chi connectivity index (χ2n) is 3.51. The van der Waals surface area contributed by atoms with Gasteiger partial charge < -0.3 is 5.73 Å². The SMILES string of the molecule is C=CCC(N)(CC=C)c1ccccc1.Cl. The van der Waals surface area contributed by atoms with Crippen molar-refractivity contribution in [1.29, 1.82) is 0 Å². The van der Waals surface area contributed by atoms with Crippen LogP contribution in [-0.4, -0.2) is 0 Å². The predicted molar refractivity (Wildman–Crippen MR) is 69.2 cm³/mol. The van der Waals surface area contributed by atoms with Crippen molar-refractivity contribution >= 4 is 12.4 Å². The van der Waals surface area contributed by atoms with Gasteiger partial charge in [0, 0.05) is 5.54 Å². The summed E-state index contributed by atoms with van der Waals surface area (Å²) < 4.78 is 0. The Bertz CT molecular complexity index is 296. The summed E-state index contributed by atoms with van der Waals surface area (Å²) in [6, 6.07) is 10.1. The lowest BCUT2D eigenvalue weighted by molar-refractivity contribution is 0.456. The quantitative estimate of drug-likeness (QED) is 0.761. The van der Waals surface area contributed by atoms with Crippen LogP contribution in [0.15, 0.2) is 55.6 Å². The van der Waals surface area contributed by atoms with Crippen molar-refractivity contribution < 1.29 is 0 Å². The van der Waals surface area contributed by atoms with Crippen LogP contribution in [0, 0.1) is 0 Å². The molecule has 0 aliphatic carbocycles. The van der Waals surface area contributed by atoms with E-state index in [1.54, 1.807) is 0 Å². The summed E-state index contributed by atoms with van der Waals surface area (Å²) in [4.78, 5) is 0. The van der Waals surface area contributed by atoms with Crippen molar-refractivity contribution in [2.45, 2.75) is 18.4 Å². The van der Waals surface area contributed by atoms with Gasteiger partial charge in [-0.05, 0) is 18.4 Å². The molecular formula is C13H18ClN. The maximum absolute atomic E-state index is 6.30. The Morgan fingerprint density at radius 2 is 1.53 bits per heavy atom.